The summed E-state index contributed by atoms with van der Waals surface area (Å²) in [5, 5.41) is 2.64. The highest BCUT2D eigenvalue weighted by Gasteiger charge is 2.55. The van der Waals surface area contributed by atoms with Gasteiger partial charge in [0.1, 0.15) is 12.0 Å². The summed E-state index contributed by atoms with van der Waals surface area (Å²) in [6.45, 7) is -1.43. The molecule has 4 aromatic rings. The Morgan fingerprint density at radius 1 is 0.667 bits per heavy atom. The van der Waals surface area contributed by atoms with Crippen LogP contribution in [0.4, 0.5) is 0 Å². The fourth-order valence-electron chi connectivity index (χ4n) is 5.24. The number of carbonyl (C=O) groups excluding carboxylic acids is 4. The molecule has 1 aliphatic rings. The van der Waals surface area contributed by atoms with Gasteiger partial charge < -0.3 is 4.74 Å². The summed E-state index contributed by atoms with van der Waals surface area (Å²) < 4.78 is 5.93. The number of esters is 1. The molecule has 1 aliphatic carbocycles. The van der Waals surface area contributed by atoms with E-state index in [-0.39, 0.29) is 17.3 Å². The van der Waals surface area contributed by atoms with Crippen molar-refractivity contribution in [3.8, 4) is 0 Å². The summed E-state index contributed by atoms with van der Waals surface area (Å²) in [7, 11) is 0. The second-order valence-electron chi connectivity index (χ2n) is 9.23. The standard InChI is InChI=1S/C33H27O5P/c1-2-27(34)38-32-28(29(35)23-15-7-3-8-16-23)30(36)31(37)33(32)39(24-17-9-4-10-18-24,25-19-11-5-12-20-25)26-21-13-6-14-22-26/h3-22,28,32H,2H2,1H3. The third kappa shape index (κ3) is 4.60. The first-order valence-electron chi connectivity index (χ1n) is 12.8. The van der Waals surface area contributed by atoms with Gasteiger partial charge in [0.2, 0.25) is 11.6 Å². The Bertz CT molecular complexity index is 1480. The largest absolute Gasteiger partial charge is 0.456 e. The van der Waals surface area contributed by atoms with E-state index in [0.29, 0.717) is 0 Å². The lowest BCUT2D eigenvalue weighted by molar-refractivity contribution is -0.147. The number of ether oxygens (including phenoxy) is 1. The van der Waals surface area contributed by atoms with Gasteiger partial charge in [0, 0.05) is 12.0 Å². The molecule has 2 atom stereocenters. The van der Waals surface area contributed by atoms with Crippen molar-refractivity contribution in [1.29, 1.82) is 0 Å². The minimum atomic E-state index is -3.07. The van der Waals surface area contributed by atoms with E-state index in [1.165, 1.54) is 0 Å². The third-order valence-electron chi connectivity index (χ3n) is 6.99. The molecule has 0 spiro atoms. The van der Waals surface area contributed by atoms with Crippen molar-refractivity contribution in [1.82, 2.24) is 0 Å². The molecule has 1 fully saturated rings. The smallest absolute Gasteiger partial charge is 0.306 e. The van der Waals surface area contributed by atoms with Gasteiger partial charge in [0.15, 0.2) is 5.78 Å². The van der Waals surface area contributed by atoms with E-state index >= 15 is 0 Å². The number of rotatable bonds is 7. The summed E-state index contributed by atoms with van der Waals surface area (Å²) in [6.07, 6.45) is -1.30. The zero-order valence-electron chi connectivity index (χ0n) is 21.4. The second kappa shape index (κ2) is 11.2. The molecule has 0 amide bonds. The molecule has 39 heavy (non-hydrogen) atoms. The van der Waals surface area contributed by atoms with Crippen LogP contribution in [-0.2, 0) is 19.1 Å². The maximum absolute atomic E-state index is 14.2. The van der Waals surface area contributed by atoms with E-state index in [9.17, 15) is 19.2 Å². The van der Waals surface area contributed by atoms with Crippen LogP contribution in [0.3, 0.4) is 0 Å². The molecule has 0 N–H and O–H groups in total. The van der Waals surface area contributed by atoms with Crippen LogP contribution in [0, 0.1) is 5.92 Å². The quantitative estimate of drug-likeness (QED) is 0.117. The van der Waals surface area contributed by atoms with Crippen molar-refractivity contribution >= 4 is 51.4 Å². The molecule has 0 aromatic heterocycles. The van der Waals surface area contributed by atoms with Gasteiger partial charge in [-0.2, -0.15) is 0 Å². The summed E-state index contributed by atoms with van der Waals surface area (Å²) in [5.41, 5.74) is 0.283. The molecule has 2 unspecified atom stereocenters. The minimum Gasteiger partial charge on any atom is -0.456 e. The molecule has 6 heteroatoms. The monoisotopic (exact) mass is 534 g/mol. The van der Waals surface area contributed by atoms with E-state index in [1.807, 2.05) is 91.0 Å². The highest BCUT2D eigenvalue weighted by atomic mass is 31.2. The molecule has 1 saturated carbocycles. The summed E-state index contributed by atoms with van der Waals surface area (Å²) in [4.78, 5) is 54.6. The van der Waals surface area contributed by atoms with Crippen LogP contribution in [0.25, 0.3) is 0 Å². The average molecular weight is 535 g/mol. The zero-order chi connectivity index (χ0) is 27.4. The van der Waals surface area contributed by atoms with Gasteiger partial charge >= 0.3 is 5.97 Å². The molecule has 0 saturated heterocycles. The van der Waals surface area contributed by atoms with Gasteiger partial charge in [-0.1, -0.05) is 128 Å². The Kier molecular flexibility index (Phi) is 7.53. The summed E-state index contributed by atoms with van der Waals surface area (Å²) in [5.74, 6) is -4.19. The van der Waals surface area contributed by atoms with Gasteiger partial charge in [-0.25, -0.2) is 0 Å². The van der Waals surface area contributed by atoms with Crippen LogP contribution in [-0.4, -0.2) is 34.7 Å². The van der Waals surface area contributed by atoms with Crippen molar-refractivity contribution < 1.29 is 23.9 Å². The molecule has 5 nitrogen and oxygen atoms in total. The Morgan fingerprint density at radius 2 is 1.08 bits per heavy atom. The number of benzene rings is 4. The molecule has 0 aliphatic heterocycles. The van der Waals surface area contributed by atoms with Crippen LogP contribution >= 0.6 is 6.89 Å². The van der Waals surface area contributed by atoms with Crippen molar-refractivity contribution in [3.05, 3.63) is 127 Å². The predicted molar refractivity (Wildman–Crippen MR) is 155 cm³/mol. The van der Waals surface area contributed by atoms with E-state index in [1.54, 1.807) is 37.3 Å². The number of carbonyl (C=O) groups is 4. The van der Waals surface area contributed by atoms with Gasteiger partial charge in [0.25, 0.3) is 0 Å². The van der Waals surface area contributed by atoms with Gasteiger partial charge in [-0.15, -0.1) is 0 Å². The molecular formula is C33H27O5P. The van der Waals surface area contributed by atoms with Crippen LogP contribution in [0.2, 0.25) is 0 Å². The number of Topliss-reactive ketones (excluding diaryl/α,β-unsaturated/α-hetero) is 3. The lowest BCUT2D eigenvalue weighted by atomic mass is 9.93. The normalized spacial score (nSPS) is 17.2. The zero-order valence-corrected chi connectivity index (χ0v) is 22.3. The average Bonchev–Trinajstić information content (AvgIpc) is 3.24. The van der Waals surface area contributed by atoms with Gasteiger partial charge in [0.05, 0.1) is 5.29 Å². The van der Waals surface area contributed by atoms with Gasteiger partial charge in [-0.05, 0) is 22.8 Å². The lowest BCUT2D eigenvalue weighted by Crippen LogP contribution is -2.40. The van der Waals surface area contributed by atoms with Crippen molar-refractivity contribution in [2.24, 2.45) is 5.92 Å². The molecule has 5 rings (SSSR count). The van der Waals surface area contributed by atoms with Crippen LogP contribution < -0.4 is 15.9 Å². The van der Waals surface area contributed by atoms with Crippen molar-refractivity contribution in [2.75, 3.05) is 0 Å². The highest BCUT2D eigenvalue weighted by molar-refractivity contribution is 7.96. The molecular weight excluding hydrogens is 507 g/mol. The first-order valence-corrected chi connectivity index (χ1v) is 14.6. The second-order valence-corrected chi connectivity index (χ2v) is 12.6. The SMILES string of the molecule is CCC(=O)OC1C(=P(c2ccccc2)(c2ccccc2)c2ccccc2)C(=O)C(=O)C1C(=O)c1ccccc1. The maximum Gasteiger partial charge on any atom is 0.306 e. The number of hydrogen-bond acceptors (Lipinski definition) is 5. The summed E-state index contributed by atoms with van der Waals surface area (Å²) >= 11 is 0. The Hall–Kier alpha value is -4.34. The van der Waals surface area contributed by atoms with E-state index in [4.69, 9.17) is 4.74 Å². The maximum atomic E-state index is 14.2. The van der Waals surface area contributed by atoms with Crippen molar-refractivity contribution in [3.63, 3.8) is 0 Å². The minimum absolute atomic E-state index is 0.0336. The Labute approximate surface area is 227 Å². The van der Waals surface area contributed by atoms with Crippen LogP contribution in [0.1, 0.15) is 23.7 Å². The third-order valence-corrected chi connectivity index (χ3v) is 11.4. The Morgan fingerprint density at radius 3 is 1.49 bits per heavy atom. The first-order chi connectivity index (χ1) is 19.0. The summed E-state index contributed by atoms with van der Waals surface area (Å²) in [6, 6.07) is 36.9. The highest BCUT2D eigenvalue weighted by Crippen LogP contribution is 2.50. The predicted octanol–water partition coefficient (Wildman–Crippen LogP) is 4.13. The fourth-order valence-corrected chi connectivity index (χ4v) is 9.83. The number of hydrogen-bond donors (Lipinski definition) is 0. The topological polar surface area (TPSA) is 77.5 Å². The Balaban J connectivity index is 1.94. The molecule has 4 aromatic carbocycles. The van der Waals surface area contributed by atoms with Crippen molar-refractivity contribution in [2.45, 2.75) is 19.4 Å². The molecule has 0 radical (unpaired) electrons. The lowest BCUT2D eigenvalue weighted by Gasteiger charge is -2.33. The van der Waals surface area contributed by atoms with Crippen LogP contribution in [0.5, 0.6) is 0 Å². The van der Waals surface area contributed by atoms with E-state index in [2.05, 4.69) is 0 Å². The van der Waals surface area contributed by atoms with Gasteiger partial charge in [-0.3, -0.25) is 19.2 Å². The molecule has 0 bridgehead atoms. The first kappa shape index (κ1) is 26.3. The molecule has 194 valence electrons. The van der Waals surface area contributed by atoms with Crippen LogP contribution in [0.15, 0.2) is 121 Å². The number of ketones is 3. The fraction of sp³-hybridized carbons (Fsp3) is 0.121. The molecule has 0 heterocycles. The van der Waals surface area contributed by atoms with E-state index < -0.39 is 42.2 Å². The van der Waals surface area contributed by atoms with E-state index in [0.717, 1.165) is 15.9 Å².